The monoisotopic (exact) mass is 371 g/mol. The molecule has 28 heavy (non-hydrogen) atoms. The van der Waals surface area contributed by atoms with Crippen molar-refractivity contribution < 1.29 is 13.9 Å². The standard InChI is InChI=1S/C23H17NO4/c1-15-6-5-7-16-14-20(23(26)28-21(15)16)22(25)24-17-10-12-19(13-11-17)27-18-8-3-2-4-9-18/h2-14H,1H3,(H,24,25). The van der Waals surface area contributed by atoms with Gasteiger partial charge in [0.1, 0.15) is 22.6 Å². The lowest BCUT2D eigenvalue weighted by Gasteiger charge is -2.08. The molecule has 5 nitrogen and oxygen atoms in total. The summed E-state index contributed by atoms with van der Waals surface area (Å²) in [5.41, 5.74) is 1.18. The van der Waals surface area contributed by atoms with E-state index in [1.165, 1.54) is 0 Å². The maximum absolute atomic E-state index is 12.5. The third-order valence-electron chi connectivity index (χ3n) is 4.29. The zero-order valence-corrected chi connectivity index (χ0v) is 15.1. The third-order valence-corrected chi connectivity index (χ3v) is 4.29. The summed E-state index contributed by atoms with van der Waals surface area (Å²) in [6.07, 6.45) is 0. The van der Waals surface area contributed by atoms with E-state index >= 15 is 0 Å². The number of carbonyl (C=O) groups excluding carboxylic acids is 1. The van der Waals surface area contributed by atoms with E-state index < -0.39 is 11.5 Å². The fraction of sp³-hybridized carbons (Fsp3) is 0.0435. The van der Waals surface area contributed by atoms with Crippen LogP contribution >= 0.6 is 0 Å². The van der Waals surface area contributed by atoms with Crippen LogP contribution in [0.3, 0.4) is 0 Å². The molecule has 4 aromatic rings. The molecule has 1 aromatic heterocycles. The fourth-order valence-corrected chi connectivity index (χ4v) is 2.88. The molecule has 0 aliphatic rings. The van der Waals surface area contributed by atoms with Crippen molar-refractivity contribution >= 4 is 22.6 Å². The van der Waals surface area contributed by atoms with E-state index in [2.05, 4.69) is 5.32 Å². The van der Waals surface area contributed by atoms with E-state index in [1.807, 2.05) is 49.4 Å². The molecule has 0 aliphatic heterocycles. The van der Waals surface area contributed by atoms with Gasteiger partial charge in [-0.1, -0.05) is 36.4 Å². The first-order valence-electron chi connectivity index (χ1n) is 8.78. The van der Waals surface area contributed by atoms with Crippen LogP contribution in [-0.4, -0.2) is 5.91 Å². The third kappa shape index (κ3) is 3.64. The SMILES string of the molecule is Cc1cccc2cc(C(=O)Nc3ccc(Oc4ccccc4)cc3)c(=O)oc12. The van der Waals surface area contributed by atoms with Gasteiger partial charge in [0.2, 0.25) is 0 Å². The minimum Gasteiger partial charge on any atom is -0.457 e. The lowest BCUT2D eigenvalue weighted by atomic mass is 10.1. The predicted octanol–water partition coefficient (Wildman–Crippen LogP) is 5.15. The number of amides is 1. The van der Waals surface area contributed by atoms with Gasteiger partial charge in [-0.2, -0.15) is 0 Å². The lowest BCUT2D eigenvalue weighted by molar-refractivity contribution is 0.102. The first-order chi connectivity index (χ1) is 13.6. The van der Waals surface area contributed by atoms with Gasteiger partial charge in [-0.25, -0.2) is 4.79 Å². The van der Waals surface area contributed by atoms with E-state index in [0.29, 0.717) is 22.4 Å². The second-order valence-corrected chi connectivity index (χ2v) is 6.33. The molecule has 3 aromatic carbocycles. The number of para-hydroxylation sites is 2. The molecule has 138 valence electrons. The topological polar surface area (TPSA) is 68.5 Å². The van der Waals surface area contributed by atoms with Gasteiger partial charge in [-0.05, 0) is 55.0 Å². The Bertz CT molecular complexity index is 1190. The molecular formula is C23H17NO4. The fourth-order valence-electron chi connectivity index (χ4n) is 2.88. The van der Waals surface area contributed by atoms with Crippen LogP contribution in [0.15, 0.2) is 88.1 Å². The maximum Gasteiger partial charge on any atom is 0.349 e. The number of carbonyl (C=O) groups is 1. The second kappa shape index (κ2) is 7.40. The highest BCUT2D eigenvalue weighted by molar-refractivity contribution is 6.05. The normalized spacial score (nSPS) is 10.6. The van der Waals surface area contributed by atoms with E-state index in [4.69, 9.17) is 9.15 Å². The van der Waals surface area contributed by atoms with Crippen LogP contribution in [0.4, 0.5) is 5.69 Å². The summed E-state index contributed by atoms with van der Waals surface area (Å²) >= 11 is 0. The van der Waals surface area contributed by atoms with Crippen molar-refractivity contribution in [2.45, 2.75) is 6.92 Å². The molecule has 0 bridgehead atoms. The van der Waals surface area contributed by atoms with Gasteiger partial charge < -0.3 is 14.5 Å². The zero-order valence-electron chi connectivity index (χ0n) is 15.1. The molecule has 0 saturated carbocycles. The minimum absolute atomic E-state index is 0.0392. The van der Waals surface area contributed by atoms with Crippen molar-refractivity contribution in [2.75, 3.05) is 5.32 Å². The van der Waals surface area contributed by atoms with Crippen molar-refractivity contribution in [2.24, 2.45) is 0 Å². The number of nitrogens with one attached hydrogen (secondary N) is 1. The highest BCUT2D eigenvalue weighted by Gasteiger charge is 2.14. The van der Waals surface area contributed by atoms with Gasteiger partial charge in [-0.3, -0.25) is 4.79 Å². The van der Waals surface area contributed by atoms with Gasteiger partial charge in [0, 0.05) is 11.1 Å². The average Bonchev–Trinajstić information content (AvgIpc) is 2.70. The molecular weight excluding hydrogens is 354 g/mol. The number of rotatable bonds is 4. The lowest BCUT2D eigenvalue weighted by Crippen LogP contribution is -2.20. The summed E-state index contributed by atoms with van der Waals surface area (Å²) in [4.78, 5) is 24.8. The van der Waals surface area contributed by atoms with E-state index in [9.17, 15) is 9.59 Å². The van der Waals surface area contributed by atoms with Crippen molar-refractivity contribution in [3.63, 3.8) is 0 Å². The van der Waals surface area contributed by atoms with Gasteiger partial charge in [0.05, 0.1) is 0 Å². The molecule has 0 radical (unpaired) electrons. The Morgan fingerprint density at radius 1 is 0.893 bits per heavy atom. The number of fused-ring (bicyclic) bond motifs is 1. The van der Waals surface area contributed by atoms with Gasteiger partial charge in [0.15, 0.2) is 0 Å². The Morgan fingerprint density at radius 2 is 1.61 bits per heavy atom. The van der Waals surface area contributed by atoms with Gasteiger partial charge in [-0.15, -0.1) is 0 Å². The summed E-state index contributed by atoms with van der Waals surface area (Å²) in [7, 11) is 0. The molecule has 1 N–H and O–H groups in total. The zero-order chi connectivity index (χ0) is 19.5. The highest BCUT2D eigenvalue weighted by atomic mass is 16.5. The first-order valence-corrected chi connectivity index (χ1v) is 8.78. The van der Waals surface area contributed by atoms with Crippen LogP contribution in [0.5, 0.6) is 11.5 Å². The smallest absolute Gasteiger partial charge is 0.349 e. The summed E-state index contributed by atoms with van der Waals surface area (Å²) in [5, 5.41) is 3.42. The Balaban J connectivity index is 1.53. The summed E-state index contributed by atoms with van der Waals surface area (Å²) in [6, 6.07) is 23.4. The van der Waals surface area contributed by atoms with Crippen LogP contribution in [0.2, 0.25) is 0 Å². The molecule has 1 amide bonds. The summed E-state index contributed by atoms with van der Waals surface area (Å²) in [5.74, 6) is 0.849. The highest BCUT2D eigenvalue weighted by Crippen LogP contribution is 2.23. The Hall–Kier alpha value is -3.86. The number of aryl methyl sites for hydroxylation is 1. The number of ether oxygens (including phenoxy) is 1. The Labute approximate surface area is 161 Å². The van der Waals surface area contributed by atoms with Crippen LogP contribution in [-0.2, 0) is 0 Å². The van der Waals surface area contributed by atoms with Crippen molar-refractivity contribution in [1.82, 2.24) is 0 Å². The van der Waals surface area contributed by atoms with Crippen LogP contribution in [0, 0.1) is 6.92 Å². The summed E-state index contributed by atoms with van der Waals surface area (Å²) in [6.45, 7) is 1.85. The molecule has 0 saturated heterocycles. The van der Waals surface area contributed by atoms with Crippen molar-refractivity contribution in [3.8, 4) is 11.5 Å². The Morgan fingerprint density at radius 3 is 2.36 bits per heavy atom. The van der Waals surface area contributed by atoms with Crippen LogP contribution < -0.4 is 15.7 Å². The van der Waals surface area contributed by atoms with Gasteiger partial charge in [0.25, 0.3) is 5.91 Å². The second-order valence-electron chi connectivity index (χ2n) is 6.33. The largest absolute Gasteiger partial charge is 0.457 e. The molecule has 4 rings (SSSR count). The number of hydrogen-bond donors (Lipinski definition) is 1. The van der Waals surface area contributed by atoms with Crippen molar-refractivity contribution in [3.05, 3.63) is 100 Å². The average molecular weight is 371 g/mol. The molecule has 0 fully saturated rings. The van der Waals surface area contributed by atoms with E-state index in [0.717, 1.165) is 11.3 Å². The number of benzene rings is 3. The van der Waals surface area contributed by atoms with E-state index in [-0.39, 0.29) is 5.56 Å². The minimum atomic E-state index is -0.664. The molecule has 0 atom stereocenters. The maximum atomic E-state index is 12.5. The number of anilines is 1. The summed E-state index contributed by atoms with van der Waals surface area (Å²) < 4.78 is 11.1. The van der Waals surface area contributed by atoms with Crippen LogP contribution in [0.1, 0.15) is 15.9 Å². The predicted molar refractivity (Wildman–Crippen MR) is 108 cm³/mol. The quantitative estimate of drug-likeness (QED) is 0.504. The molecule has 0 spiro atoms. The van der Waals surface area contributed by atoms with Gasteiger partial charge >= 0.3 is 5.63 Å². The molecule has 0 aliphatic carbocycles. The first kappa shape index (κ1) is 17.5. The molecule has 5 heteroatoms. The molecule has 1 heterocycles. The van der Waals surface area contributed by atoms with Crippen LogP contribution in [0.25, 0.3) is 11.0 Å². The van der Waals surface area contributed by atoms with E-state index in [1.54, 1.807) is 36.4 Å². The Kier molecular flexibility index (Phi) is 4.64. The molecule has 0 unspecified atom stereocenters. The van der Waals surface area contributed by atoms with Crippen molar-refractivity contribution in [1.29, 1.82) is 0 Å². The number of hydrogen-bond acceptors (Lipinski definition) is 4.